The minimum absolute atomic E-state index is 0.0448. The van der Waals surface area contributed by atoms with E-state index in [9.17, 15) is 54.3 Å². The Hall–Kier alpha value is -4.24. The molecule has 0 fully saturated rings. The van der Waals surface area contributed by atoms with Gasteiger partial charge in [-0.2, -0.15) is 35.1 Å². The number of alkyl halides is 8. The molecular formula is C27H27F8N3O5. The molecule has 3 unspecified atom stereocenters. The standard InChI is InChI=1S/C27H27F8N3O5/c1-13(2)19(21(39)27(33,34)35)37-23(41)20(15-9-11-16(43-4)12-10-15)38-22(40)14(3)36-24(42)25(28,29)17-7-5-6-8-18(17)26(30,31)32/h5-14,19-20H,1-4H3,(H,36,42)(H,37,41)(H,38,40). The molecule has 43 heavy (non-hydrogen) atoms. The van der Waals surface area contributed by atoms with Crippen molar-refractivity contribution in [2.75, 3.05) is 7.11 Å². The van der Waals surface area contributed by atoms with E-state index in [0.29, 0.717) is 12.1 Å². The van der Waals surface area contributed by atoms with Crippen LogP contribution in [0.3, 0.4) is 0 Å². The highest BCUT2D eigenvalue weighted by molar-refractivity contribution is 5.97. The van der Waals surface area contributed by atoms with E-state index in [-0.39, 0.29) is 11.3 Å². The summed E-state index contributed by atoms with van der Waals surface area (Å²) < 4.78 is 114. The van der Waals surface area contributed by atoms with Crippen molar-refractivity contribution < 1.29 is 59.0 Å². The molecule has 0 aliphatic rings. The molecule has 0 spiro atoms. The van der Waals surface area contributed by atoms with Crippen LogP contribution in [0.25, 0.3) is 0 Å². The molecule has 8 nitrogen and oxygen atoms in total. The van der Waals surface area contributed by atoms with Gasteiger partial charge in [-0.3, -0.25) is 19.2 Å². The van der Waals surface area contributed by atoms with E-state index in [0.717, 1.165) is 19.1 Å². The molecule has 2 aromatic rings. The molecule has 0 saturated heterocycles. The van der Waals surface area contributed by atoms with Crippen LogP contribution in [-0.2, 0) is 31.3 Å². The number of carbonyl (C=O) groups is 4. The minimum atomic E-state index is -5.31. The van der Waals surface area contributed by atoms with Crippen LogP contribution in [0, 0.1) is 5.92 Å². The lowest BCUT2D eigenvalue weighted by atomic mass is 9.97. The van der Waals surface area contributed by atoms with Crippen LogP contribution in [0.1, 0.15) is 43.5 Å². The molecule has 0 heterocycles. The van der Waals surface area contributed by atoms with Crippen LogP contribution in [-0.4, -0.2) is 48.9 Å². The van der Waals surface area contributed by atoms with Crippen LogP contribution < -0.4 is 20.7 Å². The Balaban J connectivity index is 2.34. The van der Waals surface area contributed by atoms with Crippen molar-refractivity contribution in [3.63, 3.8) is 0 Å². The number of rotatable bonds is 11. The van der Waals surface area contributed by atoms with Gasteiger partial charge in [-0.15, -0.1) is 0 Å². The van der Waals surface area contributed by atoms with Gasteiger partial charge in [-0.05, 0) is 36.6 Å². The lowest BCUT2D eigenvalue weighted by molar-refractivity contribution is -0.175. The molecule has 0 radical (unpaired) electrons. The average Bonchev–Trinajstić information content (AvgIpc) is 2.92. The fourth-order valence-electron chi connectivity index (χ4n) is 3.79. The number of methoxy groups -OCH3 is 1. The van der Waals surface area contributed by atoms with E-state index in [2.05, 4.69) is 5.32 Å². The van der Waals surface area contributed by atoms with Crippen LogP contribution in [0.4, 0.5) is 35.1 Å². The Morgan fingerprint density at radius 2 is 1.26 bits per heavy atom. The zero-order valence-corrected chi connectivity index (χ0v) is 23.0. The minimum Gasteiger partial charge on any atom is -0.497 e. The summed E-state index contributed by atoms with van der Waals surface area (Å²) in [5, 5.41) is 5.62. The van der Waals surface area contributed by atoms with E-state index in [4.69, 9.17) is 4.74 Å². The van der Waals surface area contributed by atoms with E-state index >= 15 is 0 Å². The molecule has 0 aromatic heterocycles. The summed E-state index contributed by atoms with van der Waals surface area (Å²) in [5.41, 5.74) is -3.50. The number of nitrogens with one attached hydrogen (secondary N) is 3. The van der Waals surface area contributed by atoms with Crippen molar-refractivity contribution >= 4 is 23.5 Å². The normalized spacial score (nSPS) is 14.3. The Labute approximate surface area is 240 Å². The Bertz CT molecular complexity index is 1330. The zero-order chi connectivity index (χ0) is 32.9. The van der Waals surface area contributed by atoms with Crippen molar-refractivity contribution in [2.24, 2.45) is 5.92 Å². The number of ether oxygens (including phenoxy) is 1. The van der Waals surface area contributed by atoms with E-state index in [1.165, 1.54) is 45.2 Å². The number of hydrogen-bond donors (Lipinski definition) is 3. The van der Waals surface area contributed by atoms with Crippen LogP contribution in [0.15, 0.2) is 48.5 Å². The van der Waals surface area contributed by atoms with Crippen LogP contribution in [0.5, 0.6) is 5.75 Å². The molecule has 0 bridgehead atoms. The molecule has 0 aliphatic heterocycles. The first-order chi connectivity index (χ1) is 19.7. The molecule has 2 aromatic carbocycles. The SMILES string of the molecule is COc1ccc(C(NC(=O)C(C)NC(=O)C(F)(F)c2ccccc2C(F)(F)F)C(=O)NC(C(=O)C(F)(F)F)C(C)C)cc1. The van der Waals surface area contributed by atoms with Gasteiger partial charge in [0.25, 0.3) is 11.7 Å². The van der Waals surface area contributed by atoms with Gasteiger partial charge in [0.05, 0.1) is 18.7 Å². The summed E-state index contributed by atoms with van der Waals surface area (Å²) in [6, 6.07) is 1.81. The van der Waals surface area contributed by atoms with Crippen molar-refractivity contribution in [3.8, 4) is 5.75 Å². The molecule has 3 N–H and O–H groups in total. The number of amides is 3. The second-order valence-electron chi connectivity index (χ2n) is 9.62. The average molecular weight is 626 g/mol. The Kier molecular flexibility index (Phi) is 10.9. The molecule has 16 heteroatoms. The molecule has 0 saturated carbocycles. The topological polar surface area (TPSA) is 114 Å². The summed E-state index contributed by atoms with van der Waals surface area (Å²) in [5.74, 6) is -12.7. The van der Waals surface area contributed by atoms with Crippen molar-refractivity contribution in [1.82, 2.24) is 16.0 Å². The molecule has 3 atom stereocenters. The van der Waals surface area contributed by atoms with E-state index in [1.807, 2.05) is 5.32 Å². The monoisotopic (exact) mass is 625 g/mol. The van der Waals surface area contributed by atoms with Gasteiger partial charge in [0.1, 0.15) is 17.8 Å². The third-order valence-electron chi connectivity index (χ3n) is 6.12. The highest BCUT2D eigenvalue weighted by Crippen LogP contribution is 2.39. The molecule has 0 aliphatic carbocycles. The van der Waals surface area contributed by atoms with Gasteiger partial charge < -0.3 is 20.7 Å². The molecule has 2 rings (SSSR count). The second kappa shape index (κ2) is 13.4. The summed E-state index contributed by atoms with van der Waals surface area (Å²) in [6.07, 6.45) is -10.5. The first kappa shape index (κ1) is 35.0. The maximum absolute atomic E-state index is 14.8. The number of Topliss-reactive ketones (excluding diaryl/α,β-unsaturated/α-hetero) is 1. The van der Waals surface area contributed by atoms with Gasteiger partial charge in [0.2, 0.25) is 11.8 Å². The van der Waals surface area contributed by atoms with Gasteiger partial charge >= 0.3 is 18.3 Å². The lowest BCUT2D eigenvalue weighted by Crippen LogP contribution is -2.55. The number of hydrogen-bond acceptors (Lipinski definition) is 5. The number of benzene rings is 2. The number of halogens is 8. The third kappa shape index (κ3) is 8.64. The van der Waals surface area contributed by atoms with Gasteiger partial charge in [-0.25, -0.2) is 0 Å². The summed E-state index contributed by atoms with van der Waals surface area (Å²) in [7, 11) is 1.31. The fourth-order valence-corrected chi connectivity index (χ4v) is 3.79. The Morgan fingerprint density at radius 3 is 1.72 bits per heavy atom. The first-order valence-electron chi connectivity index (χ1n) is 12.4. The van der Waals surface area contributed by atoms with Crippen molar-refractivity contribution in [2.45, 2.75) is 57.2 Å². The lowest BCUT2D eigenvalue weighted by Gasteiger charge is -2.27. The maximum atomic E-state index is 14.8. The number of ketones is 1. The maximum Gasteiger partial charge on any atom is 0.452 e. The van der Waals surface area contributed by atoms with Crippen molar-refractivity contribution in [3.05, 3.63) is 65.2 Å². The quantitative estimate of drug-likeness (QED) is 0.320. The predicted molar refractivity (Wildman–Crippen MR) is 135 cm³/mol. The molecular weight excluding hydrogens is 598 g/mol. The number of carbonyl (C=O) groups excluding carboxylic acids is 4. The second-order valence-corrected chi connectivity index (χ2v) is 9.62. The van der Waals surface area contributed by atoms with Crippen LogP contribution >= 0.6 is 0 Å². The summed E-state index contributed by atoms with van der Waals surface area (Å²) >= 11 is 0. The Morgan fingerprint density at radius 1 is 0.721 bits per heavy atom. The predicted octanol–water partition coefficient (Wildman–Crippen LogP) is 4.44. The highest BCUT2D eigenvalue weighted by Gasteiger charge is 2.49. The first-order valence-corrected chi connectivity index (χ1v) is 12.4. The van der Waals surface area contributed by atoms with Crippen molar-refractivity contribution in [1.29, 1.82) is 0 Å². The van der Waals surface area contributed by atoms with Gasteiger partial charge in [0, 0.05) is 5.56 Å². The zero-order valence-electron chi connectivity index (χ0n) is 23.0. The smallest absolute Gasteiger partial charge is 0.452 e. The fraction of sp³-hybridized carbons (Fsp3) is 0.407. The largest absolute Gasteiger partial charge is 0.497 e. The summed E-state index contributed by atoms with van der Waals surface area (Å²) in [4.78, 5) is 50.3. The van der Waals surface area contributed by atoms with E-state index < -0.39 is 77.0 Å². The summed E-state index contributed by atoms with van der Waals surface area (Å²) in [6.45, 7) is 3.33. The highest BCUT2D eigenvalue weighted by atomic mass is 19.4. The van der Waals surface area contributed by atoms with Gasteiger partial charge in [0.15, 0.2) is 0 Å². The molecule has 3 amide bonds. The van der Waals surface area contributed by atoms with Gasteiger partial charge in [-0.1, -0.05) is 44.2 Å². The molecule has 236 valence electrons. The van der Waals surface area contributed by atoms with Crippen LogP contribution in [0.2, 0.25) is 0 Å². The van der Waals surface area contributed by atoms with E-state index in [1.54, 1.807) is 5.32 Å². The third-order valence-corrected chi connectivity index (χ3v) is 6.12.